The minimum atomic E-state index is -3.42. The highest BCUT2D eigenvalue weighted by molar-refractivity contribution is 7.92. The molecule has 2 aromatic carbocycles. The van der Waals surface area contributed by atoms with Gasteiger partial charge in [-0.3, -0.25) is 9.52 Å². The van der Waals surface area contributed by atoms with E-state index < -0.39 is 10.0 Å². The molecule has 0 aliphatic rings. The van der Waals surface area contributed by atoms with Crippen molar-refractivity contribution in [2.75, 3.05) is 18.0 Å². The fourth-order valence-corrected chi connectivity index (χ4v) is 3.20. The van der Waals surface area contributed by atoms with Gasteiger partial charge in [-0.05, 0) is 31.2 Å². The summed E-state index contributed by atoms with van der Waals surface area (Å²) < 4.78 is 30.3. The minimum absolute atomic E-state index is 0.126. The Bertz CT molecular complexity index is 1110. The van der Waals surface area contributed by atoms with Crippen LogP contribution in [0.15, 0.2) is 53.1 Å². The number of amides is 1. The molecule has 0 spiro atoms. The van der Waals surface area contributed by atoms with Gasteiger partial charge in [0, 0.05) is 23.9 Å². The van der Waals surface area contributed by atoms with Crippen LogP contribution in [0.5, 0.6) is 0 Å². The first-order valence-corrected chi connectivity index (χ1v) is 10.3. The van der Waals surface area contributed by atoms with E-state index in [1.807, 2.05) is 31.2 Å². The summed E-state index contributed by atoms with van der Waals surface area (Å²) in [4.78, 5) is 18.4. The first-order chi connectivity index (χ1) is 13.2. The number of hydrogen-bond donors (Lipinski definition) is 1. The van der Waals surface area contributed by atoms with E-state index in [2.05, 4.69) is 14.9 Å². The van der Waals surface area contributed by atoms with Crippen LogP contribution in [0.25, 0.3) is 11.4 Å². The quantitative estimate of drug-likeness (QED) is 0.682. The van der Waals surface area contributed by atoms with Crippen LogP contribution in [-0.2, 0) is 16.6 Å². The second-order valence-electron chi connectivity index (χ2n) is 6.50. The van der Waals surface area contributed by atoms with Crippen molar-refractivity contribution in [3.8, 4) is 11.4 Å². The fraction of sp³-hybridized carbons (Fsp3) is 0.211. The number of nitrogens with one attached hydrogen (secondary N) is 1. The Kier molecular flexibility index (Phi) is 5.46. The molecule has 0 bridgehead atoms. The Morgan fingerprint density at radius 2 is 1.93 bits per heavy atom. The third-order valence-corrected chi connectivity index (χ3v) is 4.48. The first kappa shape index (κ1) is 19.6. The van der Waals surface area contributed by atoms with Crippen molar-refractivity contribution in [1.82, 2.24) is 15.0 Å². The van der Waals surface area contributed by atoms with E-state index in [0.717, 1.165) is 17.4 Å². The molecular weight excluding hydrogens is 380 g/mol. The smallest absolute Gasteiger partial charge is 0.254 e. The zero-order valence-corrected chi connectivity index (χ0v) is 16.5. The minimum Gasteiger partial charge on any atom is -0.337 e. The summed E-state index contributed by atoms with van der Waals surface area (Å²) >= 11 is 0. The number of sulfonamides is 1. The maximum atomic E-state index is 12.6. The summed E-state index contributed by atoms with van der Waals surface area (Å²) in [5.74, 6) is 0.462. The third-order valence-electron chi connectivity index (χ3n) is 3.88. The molecule has 0 fully saturated rings. The third kappa shape index (κ3) is 4.95. The predicted octanol–water partition coefficient (Wildman–Crippen LogP) is 2.69. The molecule has 3 rings (SSSR count). The zero-order valence-electron chi connectivity index (χ0n) is 15.7. The summed E-state index contributed by atoms with van der Waals surface area (Å²) in [5.41, 5.74) is 2.58. The summed E-state index contributed by atoms with van der Waals surface area (Å²) in [5, 5.41) is 3.97. The van der Waals surface area contributed by atoms with Gasteiger partial charge >= 0.3 is 0 Å². The van der Waals surface area contributed by atoms with Crippen molar-refractivity contribution in [2.45, 2.75) is 13.5 Å². The van der Waals surface area contributed by atoms with Crippen molar-refractivity contribution in [3.63, 3.8) is 0 Å². The topological polar surface area (TPSA) is 105 Å². The number of benzene rings is 2. The maximum absolute atomic E-state index is 12.6. The van der Waals surface area contributed by atoms with Crippen molar-refractivity contribution in [1.29, 1.82) is 0 Å². The van der Waals surface area contributed by atoms with Crippen molar-refractivity contribution in [2.24, 2.45) is 0 Å². The SMILES string of the molecule is Cc1cccc(-c2noc(CN(C)C(=O)c3cccc(NS(C)(=O)=O)c3)n2)c1. The monoisotopic (exact) mass is 400 g/mol. The number of carbonyl (C=O) groups is 1. The molecule has 0 unspecified atom stereocenters. The van der Waals surface area contributed by atoms with Crippen LogP contribution < -0.4 is 4.72 Å². The number of rotatable bonds is 6. The van der Waals surface area contributed by atoms with Crippen molar-refractivity contribution < 1.29 is 17.7 Å². The van der Waals surface area contributed by atoms with Crippen LogP contribution in [0, 0.1) is 6.92 Å². The molecule has 0 atom stereocenters. The molecule has 9 heteroatoms. The Balaban J connectivity index is 1.72. The lowest BCUT2D eigenvalue weighted by Gasteiger charge is -2.15. The van der Waals surface area contributed by atoms with Crippen LogP contribution in [-0.4, -0.2) is 42.7 Å². The van der Waals surface area contributed by atoms with Gasteiger partial charge in [-0.15, -0.1) is 0 Å². The van der Waals surface area contributed by atoms with Crippen molar-refractivity contribution in [3.05, 3.63) is 65.5 Å². The Morgan fingerprint density at radius 3 is 2.64 bits per heavy atom. The molecule has 8 nitrogen and oxygen atoms in total. The van der Waals surface area contributed by atoms with Crippen LogP contribution in [0.4, 0.5) is 5.69 Å². The molecular formula is C19H20N4O4S. The van der Waals surface area contributed by atoms with Gasteiger partial charge in [-0.25, -0.2) is 8.42 Å². The molecule has 0 saturated carbocycles. The van der Waals surface area contributed by atoms with Gasteiger partial charge in [0.2, 0.25) is 21.7 Å². The molecule has 1 heterocycles. The average molecular weight is 400 g/mol. The zero-order chi connectivity index (χ0) is 20.3. The second kappa shape index (κ2) is 7.81. The highest BCUT2D eigenvalue weighted by Crippen LogP contribution is 2.18. The van der Waals surface area contributed by atoms with Gasteiger partial charge in [0.05, 0.1) is 12.8 Å². The van der Waals surface area contributed by atoms with E-state index >= 15 is 0 Å². The highest BCUT2D eigenvalue weighted by atomic mass is 32.2. The first-order valence-electron chi connectivity index (χ1n) is 8.44. The summed E-state index contributed by atoms with van der Waals surface area (Å²) in [6, 6.07) is 14.0. The van der Waals surface area contributed by atoms with Gasteiger partial charge < -0.3 is 9.42 Å². The van der Waals surface area contributed by atoms with Crippen LogP contribution in [0.3, 0.4) is 0 Å². The number of nitrogens with zero attached hydrogens (tertiary/aromatic N) is 3. The van der Waals surface area contributed by atoms with Crippen LogP contribution >= 0.6 is 0 Å². The molecule has 1 N–H and O–H groups in total. The molecule has 3 aromatic rings. The predicted molar refractivity (Wildman–Crippen MR) is 105 cm³/mol. The summed E-state index contributed by atoms with van der Waals surface area (Å²) in [6.07, 6.45) is 1.05. The molecule has 0 aliphatic carbocycles. The van der Waals surface area contributed by atoms with Gasteiger partial charge in [0.1, 0.15) is 0 Å². The van der Waals surface area contributed by atoms with Crippen molar-refractivity contribution >= 4 is 21.6 Å². The summed E-state index contributed by atoms with van der Waals surface area (Å²) in [6.45, 7) is 2.10. The number of aromatic nitrogens is 2. The molecule has 1 amide bonds. The van der Waals surface area contributed by atoms with Gasteiger partial charge in [-0.2, -0.15) is 4.98 Å². The molecule has 0 saturated heterocycles. The Hall–Kier alpha value is -3.20. The van der Waals surface area contributed by atoms with E-state index in [1.165, 1.54) is 11.0 Å². The maximum Gasteiger partial charge on any atom is 0.254 e. The number of hydrogen-bond acceptors (Lipinski definition) is 6. The molecule has 0 radical (unpaired) electrons. The van der Waals surface area contributed by atoms with E-state index in [0.29, 0.717) is 23.0 Å². The van der Waals surface area contributed by atoms with E-state index in [-0.39, 0.29) is 12.5 Å². The van der Waals surface area contributed by atoms with Crippen LogP contribution in [0.1, 0.15) is 21.8 Å². The average Bonchev–Trinajstić information content (AvgIpc) is 3.08. The van der Waals surface area contributed by atoms with Gasteiger partial charge in [0.15, 0.2) is 0 Å². The molecule has 1 aromatic heterocycles. The van der Waals surface area contributed by atoms with E-state index in [1.54, 1.807) is 25.2 Å². The van der Waals surface area contributed by atoms with Gasteiger partial charge in [-0.1, -0.05) is 35.0 Å². The fourth-order valence-electron chi connectivity index (χ4n) is 2.65. The Labute approximate surface area is 163 Å². The number of carbonyl (C=O) groups excluding carboxylic acids is 1. The number of anilines is 1. The lowest BCUT2D eigenvalue weighted by molar-refractivity contribution is 0.0769. The Morgan fingerprint density at radius 1 is 1.18 bits per heavy atom. The second-order valence-corrected chi connectivity index (χ2v) is 8.25. The highest BCUT2D eigenvalue weighted by Gasteiger charge is 2.17. The normalized spacial score (nSPS) is 11.2. The largest absolute Gasteiger partial charge is 0.337 e. The lowest BCUT2D eigenvalue weighted by atomic mass is 10.1. The molecule has 146 valence electrons. The summed E-state index contributed by atoms with van der Waals surface area (Å²) in [7, 11) is -1.82. The van der Waals surface area contributed by atoms with E-state index in [4.69, 9.17) is 4.52 Å². The molecule has 28 heavy (non-hydrogen) atoms. The molecule has 0 aliphatic heterocycles. The van der Waals surface area contributed by atoms with Crippen LogP contribution in [0.2, 0.25) is 0 Å². The van der Waals surface area contributed by atoms with Gasteiger partial charge in [0.25, 0.3) is 5.91 Å². The van der Waals surface area contributed by atoms with E-state index in [9.17, 15) is 13.2 Å². The number of aryl methyl sites for hydroxylation is 1. The lowest BCUT2D eigenvalue weighted by Crippen LogP contribution is -2.26. The standard InChI is InChI=1S/C19H20N4O4S/c1-13-6-4-7-14(10-13)18-20-17(27-21-18)12-23(2)19(24)15-8-5-9-16(11-15)22-28(3,25)26/h4-11,22H,12H2,1-3H3.